The topological polar surface area (TPSA) is 55.6 Å². The molecule has 0 aliphatic rings. The predicted molar refractivity (Wildman–Crippen MR) is 79.4 cm³/mol. The van der Waals surface area contributed by atoms with Crippen LogP contribution in [0, 0.1) is 0 Å². The molecule has 5 nitrogen and oxygen atoms in total. The first kappa shape index (κ1) is 14.7. The van der Waals surface area contributed by atoms with Crippen LogP contribution in [0.25, 0.3) is 0 Å². The lowest BCUT2D eigenvalue weighted by atomic mass is 10.1. The number of rotatable bonds is 7. The van der Waals surface area contributed by atoms with Gasteiger partial charge < -0.3 is 5.32 Å². The lowest BCUT2D eigenvalue weighted by molar-refractivity contribution is 0.465. The summed E-state index contributed by atoms with van der Waals surface area (Å²) >= 11 is 0. The Hall–Kier alpha value is -1.75. The van der Waals surface area contributed by atoms with E-state index in [1.165, 1.54) is 0 Å². The van der Waals surface area contributed by atoms with Crippen LogP contribution in [0.1, 0.15) is 50.7 Å². The highest BCUT2D eigenvalue weighted by atomic mass is 15.3. The van der Waals surface area contributed by atoms with Gasteiger partial charge >= 0.3 is 0 Å². The average Bonchev–Trinajstić information content (AvgIpc) is 2.95. The molecule has 0 aromatic carbocycles. The summed E-state index contributed by atoms with van der Waals surface area (Å²) in [6, 6.07) is 4.68. The second-order valence-electron chi connectivity index (χ2n) is 4.99. The molecule has 0 aliphatic carbocycles. The van der Waals surface area contributed by atoms with Gasteiger partial charge in [-0.2, -0.15) is 5.10 Å². The summed E-state index contributed by atoms with van der Waals surface area (Å²) in [5.41, 5.74) is 2.11. The molecule has 0 saturated carbocycles. The van der Waals surface area contributed by atoms with Crippen molar-refractivity contribution in [1.29, 1.82) is 0 Å². The van der Waals surface area contributed by atoms with Crippen LogP contribution < -0.4 is 5.32 Å². The number of nitrogens with zero attached hydrogens (tertiary/aromatic N) is 4. The molecule has 2 rings (SSSR count). The van der Waals surface area contributed by atoms with Crippen molar-refractivity contribution in [2.45, 2.75) is 45.7 Å². The monoisotopic (exact) mass is 273 g/mol. The van der Waals surface area contributed by atoms with E-state index in [1.807, 2.05) is 10.7 Å². The van der Waals surface area contributed by atoms with Gasteiger partial charge in [-0.05, 0) is 32.0 Å². The molecule has 0 bridgehead atoms. The van der Waals surface area contributed by atoms with Crippen LogP contribution in [0.4, 0.5) is 0 Å². The van der Waals surface area contributed by atoms with E-state index in [2.05, 4.69) is 53.4 Å². The summed E-state index contributed by atoms with van der Waals surface area (Å²) in [7, 11) is 0. The van der Waals surface area contributed by atoms with Crippen LogP contribution in [0.3, 0.4) is 0 Å². The second kappa shape index (κ2) is 7.14. The molecular formula is C15H23N5. The normalized spacial score (nSPS) is 14.2. The van der Waals surface area contributed by atoms with Crippen molar-refractivity contribution in [2.75, 3.05) is 6.54 Å². The Labute approximate surface area is 120 Å². The fraction of sp³-hybridized carbons (Fsp3) is 0.533. The van der Waals surface area contributed by atoms with Crippen LogP contribution in [-0.2, 0) is 6.42 Å². The highest BCUT2D eigenvalue weighted by Crippen LogP contribution is 2.16. The molecule has 0 amide bonds. The first-order valence-corrected chi connectivity index (χ1v) is 7.27. The highest BCUT2D eigenvalue weighted by molar-refractivity contribution is 5.11. The lowest BCUT2D eigenvalue weighted by Gasteiger charge is -2.16. The minimum atomic E-state index is 0.184. The maximum Gasteiger partial charge on any atom is 0.115 e. The van der Waals surface area contributed by atoms with Gasteiger partial charge in [0.15, 0.2) is 0 Å². The van der Waals surface area contributed by atoms with E-state index in [0.717, 1.165) is 30.8 Å². The van der Waals surface area contributed by atoms with Gasteiger partial charge in [-0.3, -0.25) is 4.68 Å². The number of aromatic nitrogens is 4. The molecule has 2 aromatic heterocycles. The van der Waals surface area contributed by atoms with Gasteiger partial charge in [0.2, 0.25) is 0 Å². The van der Waals surface area contributed by atoms with E-state index in [-0.39, 0.29) is 6.04 Å². The fourth-order valence-corrected chi connectivity index (χ4v) is 2.16. The summed E-state index contributed by atoms with van der Waals surface area (Å²) in [4.78, 5) is 8.32. The Bertz CT molecular complexity index is 508. The van der Waals surface area contributed by atoms with Crippen molar-refractivity contribution in [2.24, 2.45) is 0 Å². The van der Waals surface area contributed by atoms with Gasteiger partial charge in [0.05, 0.1) is 17.4 Å². The fourth-order valence-electron chi connectivity index (χ4n) is 2.16. The van der Waals surface area contributed by atoms with E-state index in [9.17, 15) is 0 Å². The molecule has 20 heavy (non-hydrogen) atoms. The van der Waals surface area contributed by atoms with E-state index in [4.69, 9.17) is 0 Å². The summed E-state index contributed by atoms with van der Waals surface area (Å²) in [6.07, 6.45) is 7.37. The summed E-state index contributed by atoms with van der Waals surface area (Å²) in [5, 5.41) is 8.12. The molecule has 0 fully saturated rings. The lowest BCUT2D eigenvalue weighted by Crippen LogP contribution is -2.24. The van der Waals surface area contributed by atoms with E-state index in [0.29, 0.717) is 6.04 Å². The quantitative estimate of drug-likeness (QED) is 0.842. The second-order valence-corrected chi connectivity index (χ2v) is 4.99. The van der Waals surface area contributed by atoms with Crippen LogP contribution in [-0.4, -0.2) is 26.3 Å². The van der Waals surface area contributed by atoms with Crippen LogP contribution in [0.2, 0.25) is 0 Å². The van der Waals surface area contributed by atoms with Crippen molar-refractivity contribution in [3.8, 4) is 0 Å². The molecule has 0 spiro atoms. The number of likely N-dealkylation sites (N-methyl/N-ethyl adjacent to an activating group) is 1. The standard InChI is InChI=1S/C15H23N5/c1-4-12(3)20-9-7-13(19-20)10-15(17-5-2)14-6-8-16-11-18-14/h6-9,11-12,15,17H,4-5,10H2,1-3H3. The Morgan fingerprint density at radius 2 is 2.15 bits per heavy atom. The number of hydrogen-bond donors (Lipinski definition) is 1. The zero-order valence-corrected chi connectivity index (χ0v) is 12.5. The zero-order chi connectivity index (χ0) is 14.4. The highest BCUT2D eigenvalue weighted by Gasteiger charge is 2.14. The molecule has 2 aromatic rings. The van der Waals surface area contributed by atoms with Gasteiger partial charge in [-0.1, -0.05) is 13.8 Å². The molecule has 0 radical (unpaired) electrons. The Morgan fingerprint density at radius 3 is 2.80 bits per heavy atom. The largest absolute Gasteiger partial charge is 0.309 e. The molecule has 2 heterocycles. The zero-order valence-electron chi connectivity index (χ0n) is 12.5. The molecule has 1 N–H and O–H groups in total. The van der Waals surface area contributed by atoms with Crippen molar-refractivity contribution < 1.29 is 0 Å². The van der Waals surface area contributed by atoms with Crippen molar-refractivity contribution in [1.82, 2.24) is 25.1 Å². The molecule has 0 aliphatic heterocycles. The number of nitrogens with one attached hydrogen (secondary N) is 1. The Kier molecular flexibility index (Phi) is 5.24. The maximum atomic E-state index is 4.66. The van der Waals surface area contributed by atoms with Gasteiger partial charge in [-0.15, -0.1) is 0 Å². The Balaban J connectivity index is 2.10. The molecular weight excluding hydrogens is 250 g/mol. The molecule has 2 unspecified atom stereocenters. The summed E-state index contributed by atoms with van der Waals surface area (Å²) in [6.45, 7) is 7.37. The SMILES string of the molecule is CCNC(Cc1ccn(C(C)CC)n1)c1ccncn1. The van der Waals surface area contributed by atoms with Gasteiger partial charge in [0, 0.05) is 24.9 Å². The van der Waals surface area contributed by atoms with E-state index >= 15 is 0 Å². The maximum absolute atomic E-state index is 4.66. The first-order valence-electron chi connectivity index (χ1n) is 7.27. The van der Waals surface area contributed by atoms with Crippen LogP contribution >= 0.6 is 0 Å². The molecule has 2 atom stereocenters. The van der Waals surface area contributed by atoms with Gasteiger partial charge in [0.25, 0.3) is 0 Å². The van der Waals surface area contributed by atoms with Crippen molar-refractivity contribution in [3.63, 3.8) is 0 Å². The first-order chi connectivity index (χ1) is 9.74. The molecule has 0 saturated heterocycles. The smallest absolute Gasteiger partial charge is 0.115 e. The minimum Gasteiger partial charge on any atom is -0.309 e. The predicted octanol–water partition coefficient (Wildman–Crippen LogP) is 2.54. The van der Waals surface area contributed by atoms with Crippen LogP contribution in [0.15, 0.2) is 30.9 Å². The van der Waals surface area contributed by atoms with Crippen molar-refractivity contribution in [3.05, 3.63) is 42.2 Å². The third kappa shape index (κ3) is 3.63. The molecule has 5 heteroatoms. The van der Waals surface area contributed by atoms with E-state index in [1.54, 1.807) is 12.5 Å². The van der Waals surface area contributed by atoms with Gasteiger partial charge in [0.1, 0.15) is 6.33 Å². The minimum absolute atomic E-state index is 0.184. The van der Waals surface area contributed by atoms with Gasteiger partial charge in [-0.25, -0.2) is 9.97 Å². The summed E-state index contributed by atoms with van der Waals surface area (Å²) in [5.74, 6) is 0. The van der Waals surface area contributed by atoms with Crippen LogP contribution in [0.5, 0.6) is 0 Å². The Morgan fingerprint density at radius 1 is 1.30 bits per heavy atom. The third-order valence-corrected chi connectivity index (χ3v) is 3.53. The number of hydrogen-bond acceptors (Lipinski definition) is 4. The van der Waals surface area contributed by atoms with Crippen molar-refractivity contribution >= 4 is 0 Å². The van der Waals surface area contributed by atoms with E-state index < -0.39 is 0 Å². The molecule has 108 valence electrons. The third-order valence-electron chi connectivity index (χ3n) is 3.53. The summed E-state index contributed by atoms with van der Waals surface area (Å²) < 4.78 is 2.04. The average molecular weight is 273 g/mol.